The average molecular weight is 1900 g/mol. The van der Waals surface area contributed by atoms with Crippen LogP contribution in [0.4, 0.5) is 0 Å². The van der Waals surface area contributed by atoms with Crippen molar-refractivity contribution in [3.8, 4) is 74.1 Å². The van der Waals surface area contributed by atoms with Crippen molar-refractivity contribution >= 4 is 140 Å². The Labute approximate surface area is 759 Å². The highest BCUT2D eigenvalue weighted by molar-refractivity contribution is 9.10. The summed E-state index contributed by atoms with van der Waals surface area (Å²) >= 11 is 51.0. The second-order valence-corrected chi connectivity index (χ2v) is 30.0. The van der Waals surface area contributed by atoms with Gasteiger partial charge in [-0.15, -0.1) is 10.2 Å². The number of H-pyrrole nitrogens is 2. The molecule has 4 N–H and O–H groups in total. The number of methoxy groups -OCH3 is 2. The zero-order valence-corrected chi connectivity index (χ0v) is 73.8. The minimum absolute atomic E-state index is 0.0329. The number of aromatic amines is 2. The lowest BCUT2D eigenvalue weighted by molar-refractivity contribution is 0.0503. The topological polar surface area (TPSA) is 346 Å². The van der Waals surface area contributed by atoms with Crippen molar-refractivity contribution in [1.82, 2.24) is 60.8 Å². The molecule has 0 saturated heterocycles. The molecule has 0 aliphatic rings. The van der Waals surface area contributed by atoms with Crippen LogP contribution in [0.5, 0.6) is 40.8 Å². The lowest BCUT2D eigenvalue weighted by Crippen LogP contribution is -2.11. The molecular weight excluding hydrogens is 1830 g/mol. The Morgan fingerprint density at radius 3 is 1.02 bits per heavy atom. The van der Waals surface area contributed by atoms with Gasteiger partial charge in [0.25, 0.3) is 11.8 Å². The maximum atomic E-state index is 12.4. The van der Waals surface area contributed by atoms with Gasteiger partial charge in [0, 0.05) is 44.7 Å². The Hall–Kier alpha value is -11.9. The van der Waals surface area contributed by atoms with E-state index in [1.54, 1.807) is 76.1 Å². The number of hydrogen-bond donors (Lipinski definition) is 4. The van der Waals surface area contributed by atoms with Crippen LogP contribution < -0.4 is 33.1 Å². The quantitative estimate of drug-likeness (QED) is 0.0184. The number of carboxylic acid groups (broad SMARTS) is 1. The van der Waals surface area contributed by atoms with Gasteiger partial charge in [0.05, 0.1) is 47.1 Å². The molecule has 124 heavy (non-hydrogen) atoms. The molecule has 14 rings (SSSR count). The molecule has 0 bridgehead atoms. The van der Waals surface area contributed by atoms with Crippen molar-refractivity contribution in [2.45, 2.75) is 60.3 Å². The highest BCUT2D eigenvalue weighted by atomic mass is 79.9. The summed E-state index contributed by atoms with van der Waals surface area (Å²) in [6, 6.07) is 66.6. The lowest BCUT2D eigenvalue weighted by atomic mass is 10.0. The Morgan fingerprint density at radius 2 is 0.685 bits per heavy atom. The second-order valence-electron chi connectivity index (χ2n) is 25.6. The zero-order valence-electron chi connectivity index (χ0n) is 66.2. The van der Waals surface area contributed by atoms with Crippen LogP contribution in [0.1, 0.15) is 96.1 Å². The summed E-state index contributed by atoms with van der Waals surface area (Å²) in [4.78, 5) is 47.4. The number of halogens is 9. The van der Waals surface area contributed by atoms with E-state index in [1.165, 1.54) is 4.68 Å². The second kappa shape index (κ2) is 47.6. The normalized spacial score (nSPS) is 10.5. The van der Waals surface area contributed by atoms with E-state index in [4.69, 9.17) is 146 Å². The molecule has 4 aromatic heterocycles. The highest BCUT2D eigenvalue weighted by Crippen LogP contribution is 2.33. The monoisotopic (exact) mass is 1900 g/mol. The minimum atomic E-state index is -1.18. The Bertz CT molecular complexity index is 5790. The summed E-state index contributed by atoms with van der Waals surface area (Å²) < 4.78 is 57.1. The van der Waals surface area contributed by atoms with Crippen molar-refractivity contribution in [1.29, 1.82) is 0 Å². The predicted molar refractivity (Wildman–Crippen MR) is 474 cm³/mol. The molecule has 0 aliphatic carbocycles. The van der Waals surface area contributed by atoms with Crippen LogP contribution in [0.15, 0.2) is 223 Å². The summed E-state index contributed by atoms with van der Waals surface area (Å²) in [5.74, 6) is -0.384. The molecule has 0 atom stereocenters. The number of esters is 3. The van der Waals surface area contributed by atoms with Crippen molar-refractivity contribution in [2.75, 3.05) is 34.0 Å². The molecule has 0 spiro atoms. The molecule has 0 saturated carbocycles. The van der Waals surface area contributed by atoms with Crippen LogP contribution in [0.3, 0.4) is 0 Å². The van der Waals surface area contributed by atoms with E-state index in [9.17, 15) is 19.2 Å². The van der Waals surface area contributed by atoms with E-state index in [-0.39, 0.29) is 92.5 Å². The van der Waals surface area contributed by atoms with Crippen molar-refractivity contribution in [3.63, 3.8) is 0 Å². The standard InChI is InChI=1S/C26H23Cl2N3O4.C20H20BrN3O4.C18H15Cl2N3O3.C16H11Cl2N3O3.C6H4BCl2O2/c1-3-34-26(32)24-25(31(30-29-24)15-17-6-10-23(33-2)11-7-17)35-16-18-4-8-19(9-5-18)20-12-21(27)14-22(28)13-20;1-3-27-20(25)18-19(28-13-15-4-8-16(21)9-5-15)24(23-22-18)12-14-6-10-17(26-2)11-7-14;1-2-25-18(24)16-17(22-23-21-16)26-10-11-3-5-12(6-4-11)13-7-14(19)9-15(20)8-13;17-12-5-11(6-13(18)7-12)10-3-1-9(2-4-10)8-24-15-14(16(22)23)19-21-20-15;8-4-1-5(9)3-6(2-4)11-7-10/h4-14H,3,15-16H2,1-2H3;4-11H,3,12-13H2,1-2H3;3-9H,2,10H2,1H3,(H,21,22,23);1-7H,8H2,(H,22,23)(H,19,20,21);1-3,10H. The van der Waals surface area contributed by atoms with Gasteiger partial charge in [0.1, 0.15) is 43.7 Å². The largest absolute Gasteiger partial charge is 0.569 e. The number of aromatic nitrogens is 12. The van der Waals surface area contributed by atoms with Crippen LogP contribution in [0.25, 0.3) is 33.4 Å². The molecule has 4 heterocycles. The average Bonchev–Trinajstić information content (AvgIpc) is 1.55. The number of hydrogen-bond acceptors (Lipinski definition) is 23. The molecule has 0 amide bonds. The molecule has 10 aromatic carbocycles. The number of aromatic carboxylic acids is 1. The fourth-order valence-corrected chi connectivity index (χ4v) is 13.4. The molecular formula is C86H73BBrCl8N12O16. The van der Waals surface area contributed by atoms with Gasteiger partial charge < -0.3 is 57.4 Å². The molecule has 0 aliphatic heterocycles. The number of nitrogens with zero attached hydrogens (tertiary/aromatic N) is 10. The number of carboxylic acids is 1. The van der Waals surface area contributed by atoms with Gasteiger partial charge in [-0.3, -0.25) is 0 Å². The molecule has 14 aromatic rings. The van der Waals surface area contributed by atoms with Crippen LogP contribution in [-0.4, -0.2) is 137 Å². The van der Waals surface area contributed by atoms with Gasteiger partial charge in [-0.05, 0) is 197 Å². The minimum Gasteiger partial charge on any atom is -0.537 e. The molecule has 28 nitrogen and oxygen atoms in total. The molecule has 0 unspecified atom stereocenters. The lowest BCUT2D eigenvalue weighted by Gasteiger charge is -2.11. The number of carbonyl (C=O) groups excluding carboxylic acids is 3. The van der Waals surface area contributed by atoms with Gasteiger partial charge >= 0.3 is 31.6 Å². The van der Waals surface area contributed by atoms with E-state index in [0.717, 1.165) is 82.7 Å². The Kier molecular flexibility index (Phi) is 36.2. The first-order valence-electron chi connectivity index (χ1n) is 37.1. The van der Waals surface area contributed by atoms with E-state index < -0.39 is 23.9 Å². The first-order chi connectivity index (χ1) is 59.9. The highest BCUT2D eigenvalue weighted by Gasteiger charge is 2.26. The van der Waals surface area contributed by atoms with Crippen LogP contribution in [-0.2, 0) is 53.7 Å². The predicted octanol–water partition coefficient (Wildman–Crippen LogP) is 20.4. The van der Waals surface area contributed by atoms with Crippen molar-refractivity contribution in [3.05, 3.63) is 319 Å². The molecule has 1 radical (unpaired) electrons. The van der Waals surface area contributed by atoms with E-state index in [0.29, 0.717) is 66.7 Å². The summed E-state index contributed by atoms with van der Waals surface area (Å²) in [6.07, 6.45) is 0. The SMILES string of the molecule is CCOC(=O)c1[nH]nnc1OCc1ccc(-c2cc(Cl)cc(Cl)c2)cc1.CCOC(=O)c1nnn(Cc2ccc(OC)cc2)c1OCc1ccc(-c2cc(Cl)cc(Cl)c2)cc1.CCOC(=O)c1nnn(Cc2ccc(OC)cc2)c1OCc1ccc(Br)cc1.O=C(O)c1[nH]nnc1OCc1ccc(-c2cc(Cl)cc(Cl)c2)cc1.O[B]Oc1cc(Cl)cc(Cl)c1. The number of nitrogens with one attached hydrogen (secondary N) is 2. The van der Waals surface area contributed by atoms with Gasteiger partial charge in [-0.25, -0.2) is 38.7 Å². The summed E-state index contributed by atoms with van der Waals surface area (Å²) in [5, 5.41) is 56.9. The summed E-state index contributed by atoms with van der Waals surface area (Å²) in [5.41, 5.74) is 11.2. The number of carbonyl (C=O) groups is 4. The number of ether oxygens (including phenoxy) is 9. The fourth-order valence-electron chi connectivity index (χ4n) is 11.1. The van der Waals surface area contributed by atoms with Gasteiger partial charge in [-0.1, -0.05) is 249 Å². The fraction of sp³-hybridized carbons (Fsp3) is 0.163. The van der Waals surface area contributed by atoms with Crippen molar-refractivity contribution in [2.24, 2.45) is 0 Å². The van der Waals surface area contributed by atoms with E-state index in [2.05, 4.69) is 72.0 Å². The maximum absolute atomic E-state index is 12.4. The van der Waals surface area contributed by atoms with Crippen LogP contribution in [0, 0.1) is 0 Å². The smallest absolute Gasteiger partial charge is 0.537 e. The summed E-state index contributed by atoms with van der Waals surface area (Å²) in [7, 11) is 3.80. The third-order valence-corrected chi connectivity index (χ3v) is 19.2. The number of rotatable bonds is 30. The third kappa shape index (κ3) is 28.6. The maximum Gasteiger partial charge on any atom is 0.569 e. The molecule has 38 heteroatoms. The van der Waals surface area contributed by atoms with Crippen molar-refractivity contribution < 1.29 is 76.6 Å². The van der Waals surface area contributed by atoms with Gasteiger partial charge in [0.15, 0.2) is 0 Å². The third-order valence-electron chi connectivity index (χ3n) is 16.9. The summed E-state index contributed by atoms with van der Waals surface area (Å²) in [6.45, 7) is 7.55. The van der Waals surface area contributed by atoms with Gasteiger partial charge in [-0.2, -0.15) is 0 Å². The Balaban J connectivity index is 0.000000167. The van der Waals surface area contributed by atoms with E-state index in [1.807, 2.05) is 182 Å². The van der Waals surface area contributed by atoms with E-state index >= 15 is 0 Å². The van der Waals surface area contributed by atoms with Crippen LogP contribution >= 0.6 is 109 Å². The van der Waals surface area contributed by atoms with Gasteiger partial charge in [0.2, 0.25) is 34.5 Å². The number of benzene rings is 10. The zero-order chi connectivity index (χ0) is 88.6. The first-order valence-corrected chi connectivity index (χ1v) is 40.9. The molecule has 0 fully saturated rings. The Morgan fingerprint density at radius 1 is 0.379 bits per heavy atom. The molecule has 639 valence electrons. The van der Waals surface area contributed by atoms with Crippen LogP contribution in [0.2, 0.25) is 40.2 Å². The first kappa shape index (κ1) is 94.3.